The molecule has 0 aliphatic carbocycles. The topological polar surface area (TPSA) is 61.4 Å². The van der Waals surface area contributed by atoms with Crippen molar-refractivity contribution in [1.82, 2.24) is 15.5 Å². The minimum Gasteiger partial charge on any atom is -0.346 e. The largest absolute Gasteiger partial charge is 0.346 e. The van der Waals surface area contributed by atoms with E-state index in [1.54, 1.807) is 19.0 Å². The lowest BCUT2D eigenvalue weighted by molar-refractivity contribution is -0.132. The number of nitrogens with zero attached hydrogens (tertiary/aromatic N) is 1. The number of carbonyl (C=O) groups excluding carboxylic acids is 2. The highest BCUT2D eigenvalue weighted by atomic mass is 16.2. The number of nitrogens with one attached hydrogen (secondary N) is 2. The van der Waals surface area contributed by atoms with Gasteiger partial charge in [0.25, 0.3) is 0 Å². The van der Waals surface area contributed by atoms with E-state index >= 15 is 0 Å². The van der Waals surface area contributed by atoms with Crippen molar-refractivity contribution in [2.24, 2.45) is 0 Å². The average Bonchev–Trinajstić information content (AvgIpc) is 2.37. The van der Waals surface area contributed by atoms with E-state index in [0.29, 0.717) is 6.54 Å². The summed E-state index contributed by atoms with van der Waals surface area (Å²) in [7, 11) is 3.41. The second kappa shape index (κ2) is 7.45. The highest BCUT2D eigenvalue weighted by molar-refractivity contribution is 5.85. The van der Waals surface area contributed by atoms with Gasteiger partial charge in [-0.1, -0.05) is 30.3 Å². The van der Waals surface area contributed by atoms with Crippen LogP contribution in [0.2, 0.25) is 0 Å². The maximum absolute atomic E-state index is 11.7. The molecule has 1 aromatic carbocycles. The van der Waals surface area contributed by atoms with Crippen molar-refractivity contribution < 1.29 is 9.59 Å². The summed E-state index contributed by atoms with van der Waals surface area (Å²) in [6.07, 6.45) is 0. The number of carbonyl (C=O) groups is 2. The van der Waals surface area contributed by atoms with Gasteiger partial charge in [0.1, 0.15) is 0 Å². The van der Waals surface area contributed by atoms with Crippen molar-refractivity contribution in [3.8, 4) is 0 Å². The molecule has 1 rings (SSSR count). The van der Waals surface area contributed by atoms with Gasteiger partial charge in [0.15, 0.2) is 0 Å². The fraction of sp³-hybridized carbons (Fsp3) is 0.385. The minimum absolute atomic E-state index is 0.0316. The minimum atomic E-state index is -0.182. The molecule has 0 bridgehead atoms. The van der Waals surface area contributed by atoms with Gasteiger partial charge in [0.05, 0.1) is 13.1 Å². The normalized spacial score (nSPS) is 9.89. The van der Waals surface area contributed by atoms with E-state index < -0.39 is 0 Å². The molecule has 0 aliphatic heterocycles. The second-order valence-corrected chi connectivity index (χ2v) is 4.04. The number of hydrogen-bond donors (Lipinski definition) is 2. The Hall–Kier alpha value is -1.88. The zero-order valence-electron chi connectivity index (χ0n) is 10.8. The van der Waals surface area contributed by atoms with E-state index in [1.165, 1.54) is 0 Å². The van der Waals surface area contributed by atoms with Crippen molar-refractivity contribution in [3.63, 3.8) is 0 Å². The lowest BCUT2D eigenvalue weighted by Gasteiger charge is -2.17. The molecule has 0 spiro atoms. The summed E-state index contributed by atoms with van der Waals surface area (Å²) in [6.45, 7) is 0.793. The highest BCUT2D eigenvalue weighted by Crippen LogP contribution is 2.02. The monoisotopic (exact) mass is 249 g/mol. The van der Waals surface area contributed by atoms with Gasteiger partial charge in [-0.25, -0.2) is 0 Å². The third kappa shape index (κ3) is 4.97. The maximum atomic E-state index is 11.7. The molecular formula is C13H19N3O2. The predicted octanol–water partition coefficient (Wildman–Crippen LogP) is -0.0194. The number of rotatable bonds is 6. The Kier molecular flexibility index (Phi) is 5.87. The molecule has 98 valence electrons. The number of amides is 2. The molecule has 0 heterocycles. The molecular weight excluding hydrogens is 230 g/mol. The molecule has 0 saturated heterocycles. The van der Waals surface area contributed by atoms with Gasteiger partial charge in [-0.2, -0.15) is 0 Å². The fourth-order valence-corrected chi connectivity index (χ4v) is 1.48. The summed E-state index contributed by atoms with van der Waals surface area (Å²) < 4.78 is 0. The summed E-state index contributed by atoms with van der Waals surface area (Å²) >= 11 is 0. The Bertz CT molecular complexity index is 392. The highest BCUT2D eigenvalue weighted by Gasteiger charge is 2.10. The SMILES string of the molecule is CNCC(=O)NCC(=O)N(C)Cc1ccccc1. The molecule has 0 atom stereocenters. The van der Waals surface area contributed by atoms with Gasteiger partial charge >= 0.3 is 0 Å². The summed E-state index contributed by atoms with van der Waals surface area (Å²) in [5.74, 6) is -0.290. The molecule has 0 unspecified atom stereocenters. The Morgan fingerprint density at radius 2 is 1.83 bits per heavy atom. The van der Waals surface area contributed by atoms with E-state index in [4.69, 9.17) is 0 Å². The van der Waals surface area contributed by atoms with E-state index in [2.05, 4.69) is 10.6 Å². The molecule has 18 heavy (non-hydrogen) atoms. The lowest BCUT2D eigenvalue weighted by Crippen LogP contribution is -2.40. The van der Waals surface area contributed by atoms with Crippen LogP contribution in [0.4, 0.5) is 0 Å². The van der Waals surface area contributed by atoms with Crippen LogP contribution in [-0.4, -0.2) is 43.9 Å². The maximum Gasteiger partial charge on any atom is 0.242 e. The lowest BCUT2D eigenvalue weighted by atomic mass is 10.2. The molecule has 5 nitrogen and oxygen atoms in total. The first-order valence-corrected chi connectivity index (χ1v) is 5.82. The zero-order valence-corrected chi connectivity index (χ0v) is 10.8. The molecule has 2 N–H and O–H groups in total. The molecule has 0 aromatic heterocycles. The Morgan fingerprint density at radius 1 is 1.17 bits per heavy atom. The van der Waals surface area contributed by atoms with E-state index in [9.17, 15) is 9.59 Å². The third-order valence-electron chi connectivity index (χ3n) is 2.46. The van der Waals surface area contributed by atoms with Crippen molar-refractivity contribution in [2.75, 3.05) is 27.2 Å². The van der Waals surface area contributed by atoms with Crippen molar-refractivity contribution in [3.05, 3.63) is 35.9 Å². The first-order chi connectivity index (χ1) is 8.63. The third-order valence-corrected chi connectivity index (χ3v) is 2.46. The molecule has 1 aromatic rings. The Morgan fingerprint density at radius 3 is 2.44 bits per heavy atom. The van der Waals surface area contributed by atoms with Crippen LogP contribution in [0.1, 0.15) is 5.56 Å². The van der Waals surface area contributed by atoms with Crippen molar-refractivity contribution in [1.29, 1.82) is 0 Å². The van der Waals surface area contributed by atoms with Crippen LogP contribution < -0.4 is 10.6 Å². The summed E-state index contributed by atoms with van der Waals surface area (Å²) in [5, 5.41) is 5.28. The zero-order chi connectivity index (χ0) is 13.4. The van der Waals surface area contributed by atoms with Gasteiger partial charge in [-0.05, 0) is 12.6 Å². The quantitative estimate of drug-likeness (QED) is 0.745. The Labute approximate surface area is 107 Å². The van der Waals surface area contributed by atoms with Gasteiger partial charge in [-0.3, -0.25) is 9.59 Å². The van der Waals surface area contributed by atoms with Crippen LogP contribution in [0, 0.1) is 0 Å². The second-order valence-electron chi connectivity index (χ2n) is 4.04. The van der Waals surface area contributed by atoms with Crippen LogP contribution in [0.3, 0.4) is 0 Å². The van der Waals surface area contributed by atoms with Crippen molar-refractivity contribution >= 4 is 11.8 Å². The predicted molar refractivity (Wildman–Crippen MR) is 69.9 cm³/mol. The fourth-order valence-electron chi connectivity index (χ4n) is 1.48. The van der Waals surface area contributed by atoms with Crippen LogP contribution in [0.25, 0.3) is 0 Å². The van der Waals surface area contributed by atoms with E-state index in [1.807, 2.05) is 30.3 Å². The number of hydrogen-bond acceptors (Lipinski definition) is 3. The first-order valence-electron chi connectivity index (χ1n) is 5.82. The number of likely N-dealkylation sites (N-methyl/N-ethyl adjacent to an activating group) is 2. The van der Waals surface area contributed by atoms with Crippen LogP contribution in [-0.2, 0) is 16.1 Å². The van der Waals surface area contributed by atoms with Gasteiger partial charge in [-0.15, -0.1) is 0 Å². The van der Waals surface area contributed by atoms with Crippen LogP contribution in [0.15, 0.2) is 30.3 Å². The molecule has 5 heteroatoms. The molecule has 0 saturated carbocycles. The number of benzene rings is 1. The molecule has 0 aliphatic rings. The van der Waals surface area contributed by atoms with E-state index in [-0.39, 0.29) is 24.9 Å². The van der Waals surface area contributed by atoms with Gasteiger partial charge < -0.3 is 15.5 Å². The molecule has 0 radical (unpaired) electrons. The van der Waals surface area contributed by atoms with Gasteiger partial charge in [0, 0.05) is 13.6 Å². The van der Waals surface area contributed by atoms with E-state index in [0.717, 1.165) is 5.56 Å². The van der Waals surface area contributed by atoms with Gasteiger partial charge in [0.2, 0.25) is 11.8 Å². The molecule has 0 fully saturated rings. The van der Waals surface area contributed by atoms with Crippen LogP contribution in [0.5, 0.6) is 0 Å². The average molecular weight is 249 g/mol. The smallest absolute Gasteiger partial charge is 0.242 e. The summed E-state index contributed by atoms with van der Waals surface area (Å²) in [4.78, 5) is 24.5. The first kappa shape index (κ1) is 14.2. The van der Waals surface area contributed by atoms with Crippen molar-refractivity contribution in [2.45, 2.75) is 6.54 Å². The summed E-state index contributed by atoms with van der Waals surface area (Å²) in [5.41, 5.74) is 1.06. The standard InChI is InChI=1S/C13H19N3O2/c1-14-8-12(17)15-9-13(18)16(2)10-11-6-4-3-5-7-11/h3-7,14H,8-10H2,1-2H3,(H,15,17). The Balaban J connectivity index is 2.35. The van der Waals surface area contributed by atoms with Crippen LogP contribution >= 0.6 is 0 Å². The molecule has 2 amide bonds. The summed E-state index contributed by atoms with van der Waals surface area (Å²) in [6, 6.07) is 9.72.